The first kappa shape index (κ1) is 18.4. The maximum absolute atomic E-state index is 15.1. The Morgan fingerprint density at radius 1 is 1.31 bits per heavy atom. The molecule has 1 aliphatic heterocycles. The first-order valence-electron chi connectivity index (χ1n) is 8.06. The van der Waals surface area contributed by atoms with Crippen molar-refractivity contribution in [3.05, 3.63) is 69.7 Å². The Morgan fingerprint density at radius 2 is 2.00 bits per heavy atom. The van der Waals surface area contributed by atoms with E-state index in [-0.39, 0.29) is 5.84 Å². The predicted octanol–water partition coefficient (Wildman–Crippen LogP) is 3.26. The average Bonchev–Trinajstić information content (AvgIpc) is 2.70. The van der Waals surface area contributed by atoms with Crippen molar-refractivity contribution in [3.8, 4) is 0 Å². The topological polar surface area (TPSA) is 86.0 Å². The molecule has 3 rings (SSSR count). The van der Waals surface area contributed by atoms with Crippen molar-refractivity contribution in [1.29, 1.82) is 0 Å². The Hall–Kier alpha value is -2.44. The molecule has 0 fully saturated rings. The van der Waals surface area contributed by atoms with Crippen LogP contribution in [0, 0.1) is 0 Å². The highest BCUT2D eigenvalue weighted by molar-refractivity contribution is 6.36. The van der Waals surface area contributed by atoms with E-state index in [1.807, 2.05) is 18.2 Å². The molecule has 1 heterocycles. The number of methoxy groups -OCH3 is 1. The summed E-state index contributed by atoms with van der Waals surface area (Å²) in [5.74, 6) is 0.154. The molecule has 0 saturated heterocycles. The van der Waals surface area contributed by atoms with Crippen LogP contribution in [-0.4, -0.2) is 30.4 Å². The van der Waals surface area contributed by atoms with Crippen molar-refractivity contribution in [2.75, 3.05) is 7.11 Å². The standard InChI is InChI=1S/C19H20ClFN4O/c1-10(22)16-18(23)24-14-8-15(26-3)19(2,21)9-12(14)17(25-16)11-6-4-5-7-13(11)20/h4-9,15H,22H2,1-3H3,(H2,23,24)/b16-10+. The van der Waals surface area contributed by atoms with Crippen molar-refractivity contribution in [2.24, 2.45) is 21.5 Å². The number of ether oxygens (including phenoxy) is 1. The number of hydrogen-bond acceptors (Lipinski definition) is 5. The van der Waals surface area contributed by atoms with Gasteiger partial charge in [-0.25, -0.2) is 14.4 Å². The smallest absolute Gasteiger partial charge is 0.157 e. The number of halogens is 2. The van der Waals surface area contributed by atoms with Gasteiger partial charge in [0.1, 0.15) is 11.8 Å². The molecule has 2 atom stereocenters. The molecule has 7 heteroatoms. The van der Waals surface area contributed by atoms with Gasteiger partial charge in [-0.15, -0.1) is 0 Å². The Morgan fingerprint density at radius 3 is 2.62 bits per heavy atom. The largest absolute Gasteiger partial charge is 0.400 e. The lowest BCUT2D eigenvalue weighted by atomic mass is 9.86. The van der Waals surface area contributed by atoms with E-state index < -0.39 is 11.8 Å². The molecule has 0 radical (unpaired) electrons. The molecule has 0 aromatic heterocycles. The van der Waals surface area contributed by atoms with E-state index in [1.165, 1.54) is 20.1 Å². The van der Waals surface area contributed by atoms with Crippen LogP contribution in [0.25, 0.3) is 0 Å². The van der Waals surface area contributed by atoms with Gasteiger partial charge in [0, 0.05) is 29.0 Å². The number of hydrogen-bond donors (Lipinski definition) is 2. The van der Waals surface area contributed by atoms with E-state index in [0.717, 1.165) is 0 Å². The van der Waals surface area contributed by atoms with Gasteiger partial charge in [-0.3, -0.25) is 0 Å². The number of amidine groups is 1. The van der Waals surface area contributed by atoms with Gasteiger partial charge in [0.25, 0.3) is 0 Å². The van der Waals surface area contributed by atoms with Gasteiger partial charge < -0.3 is 16.2 Å². The van der Waals surface area contributed by atoms with Crippen LogP contribution in [0.1, 0.15) is 19.4 Å². The van der Waals surface area contributed by atoms with Crippen LogP contribution in [-0.2, 0) is 4.74 Å². The number of aliphatic imine (C=N–C) groups is 2. The Balaban J connectivity index is 2.33. The fraction of sp³-hybridized carbons (Fsp3) is 0.263. The lowest BCUT2D eigenvalue weighted by molar-refractivity contribution is 0.0303. The summed E-state index contributed by atoms with van der Waals surface area (Å²) in [6, 6.07) is 7.19. The molecule has 136 valence electrons. The number of alkyl halides is 1. The second kappa shape index (κ2) is 6.70. The molecule has 4 N–H and O–H groups in total. The summed E-state index contributed by atoms with van der Waals surface area (Å²) in [4.78, 5) is 9.02. The third-order valence-electron chi connectivity index (χ3n) is 4.29. The zero-order chi connectivity index (χ0) is 19.1. The predicted molar refractivity (Wildman–Crippen MR) is 103 cm³/mol. The minimum atomic E-state index is -1.74. The van der Waals surface area contributed by atoms with Crippen molar-refractivity contribution >= 4 is 23.1 Å². The van der Waals surface area contributed by atoms with Crippen LogP contribution in [0.5, 0.6) is 0 Å². The fourth-order valence-electron chi connectivity index (χ4n) is 2.98. The second-order valence-electron chi connectivity index (χ2n) is 6.39. The maximum atomic E-state index is 15.1. The average molecular weight is 375 g/mol. The number of rotatable bonds is 2. The molecule has 2 aliphatic rings. The summed E-state index contributed by atoms with van der Waals surface area (Å²) >= 11 is 6.37. The van der Waals surface area contributed by atoms with E-state index in [0.29, 0.717) is 39.0 Å². The number of benzene rings is 1. The van der Waals surface area contributed by atoms with E-state index in [1.54, 1.807) is 19.1 Å². The Bertz CT molecular complexity index is 908. The zero-order valence-corrected chi connectivity index (χ0v) is 15.5. The summed E-state index contributed by atoms with van der Waals surface area (Å²) in [6.07, 6.45) is 2.25. The summed E-state index contributed by atoms with van der Waals surface area (Å²) in [6.45, 7) is 3.12. The third-order valence-corrected chi connectivity index (χ3v) is 4.62. The van der Waals surface area contributed by atoms with Crippen LogP contribution in [0.15, 0.2) is 69.1 Å². The third kappa shape index (κ3) is 3.18. The molecule has 0 spiro atoms. The highest BCUT2D eigenvalue weighted by Gasteiger charge is 2.38. The second-order valence-corrected chi connectivity index (χ2v) is 6.79. The molecule has 1 aliphatic carbocycles. The summed E-state index contributed by atoms with van der Waals surface area (Å²) < 4.78 is 20.4. The maximum Gasteiger partial charge on any atom is 0.157 e. The molecule has 0 bridgehead atoms. The number of allylic oxidation sites excluding steroid dienone is 2. The fourth-order valence-corrected chi connectivity index (χ4v) is 3.21. The highest BCUT2D eigenvalue weighted by Crippen LogP contribution is 2.36. The molecule has 2 unspecified atom stereocenters. The Labute approximate surface area is 156 Å². The van der Waals surface area contributed by atoms with E-state index in [9.17, 15) is 0 Å². The molecular weight excluding hydrogens is 355 g/mol. The monoisotopic (exact) mass is 374 g/mol. The van der Waals surface area contributed by atoms with Crippen molar-refractivity contribution in [3.63, 3.8) is 0 Å². The minimum absolute atomic E-state index is 0.154. The van der Waals surface area contributed by atoms with Gasteiger partial charge in [0.15, 0.2) is 11.5 Å². The molecule has 1 aromatic carbocycles. The lowest BCUT2D eigenvalue weighted by Gasteiger charge is -2.30. The SMILES string of the molecule is COC1C=C2N=C(N)/C(=C(/C)N)N=C(c3ccccc3Cl)C2=CC1(C)F. The molecular formula is C19H20ClFN4O. The van der Waals surface area contributed by atoms with Crippen molar-refractivity contribution < 1.29 is 9.13 Å². The zero-order valence-electron chi connectivity index (χ0n) is 14.8. The van der Waals surface area contributed by atoms with Crippen molar-refractivity contribution in [2.45, 2.75) is 25.6 Å². The van der Waals surface area contributed by atoms with Crippen molar-refractivity contribution in [1.82, 2.24) is 0 Å². The van der Waals surface area contributed by atoms with Crippen LogP contribution in [0.2, 0.25) is 5.02 Å². The summed E-state index contributed by atoms with van der Waals surface area (Å²) in [7, 11) is 1.45. The minimum Gasteiger partial charge on any atom is -0.400 e. The lowest BCUT2D eigenvalue weighted by Crippen LogP contribution is -2.37. The van der Waals surface area contributed by atoms with E-state index >= 15 is 4.39 Å². The van der Waals surface area contributed by atoms with Gasteiger partial charge in [-0.05, 0) is 32.1 Å². The highest BCUT2D eigenvalue weighted by atomic mass is 35.5. The first-order valence-corrected chi connectivity index (χ1v) is 8.44. The molecule has 5 nitrogen and oxygen atoms in total. The van der Waals surface area contributed by atoms with Gasteiger partial charge >= 0.3 is 0 Å². The first-order chi connectivity index (χ1) is 12.2. The van der Waals surface area contributed by atoms with Gasteiger partial charge in [0.2, 0.25) is 0 Å². The number of nitrogens with zero attached hydrogens (tertiary/aromatic N) is 2. The normalized spacial score (nSPS) is 27.5. The summed E-state index contributed by atoms with van der Waals surface area (Å²) in [5.41, 5.74) is 13.1. The molecule has 26 heavy (non-hydrogen) atoms. The van der Waals surface area contributed by atoms with Crippen LogP contribution in [0.3, 0.4) is 0 Å². The number of fused-ring (bicyclic) bond motifs is 1. The summed E-state index contributed by atoms with van der Waals surface area (Å²) in [5, 5.41) is 0.482. The molecule has 1 aromatic rings. The van der Waals surface area contributed by atoms with Crippen LogP contribution < -0.4 is 11.5 Å². The quantitative estimate of drug-likeness (QED) is 0.833. The number of nitrogens with two attached hydrogens (primary N) is 2. The molecule has 0 amide bonds. The van der Waals surface area contributed by atoms with Crippen LogP contribution in [0.4, 0.5) is 4.39 Å². The Kier molecular flexibility index (Phi) is 4.73. The molecule has 0 saturated carbocycles. The van der Waals surface area contributed by atoms with Crippen LogP contribution >= 0.6 is 11.6 Å². The van der Waals surface area contributed by atoms with Gasteiger partial charge in [0.05, 0.1) is 11.4 Å². The van der Waals surface area contributed by atoms with Gasteiger partial charge in [-0.1, -0.05) is 29.8 Å². The van der Waals surface area contributed by atoms with E-state index in [2.05, 4.69) is 9.98 Å². The van der Waals surface area contributed by atoms with E-state index in [4.69, 9.17) is 27.8 Å². The van der Waals surface area contributed by atoms with Gasteiger partial charge in [-0.2, -0.15) is 0 Å².